The third kappa shape index (κ3) is 4.30. The van der Waals surface area contributed by atoms with Crippen LogP contribution in [0.2, 0.25) is 0 Å². The molecule has 0 saturated carbocycles. The smallest absolute Gasteiger partial charge is 0.313 e. The van der Waals surface area contributed by atoms with E-state index < -0.39 is 17.4 Å². The van der Waals surface area contributed by atoms with Crippen molar-refractivity contribution in [1.82, 2.24) is 5.32 Å². The Labute approximate surface area is 143 Å². The van der Waals surface area contributed by atoms with Gasteiger partial charge in [-0.25, -0.2) is 0 Å². The Hall–Kier alpha value is -3.00. The van der Waals surface area contributed by atoms with Crippen LogP contribution in [0, 0.1) is 0 Å². The zero-order valence-corrected chi connectivity index (χ0v) is 13.6. The highest BCUT2D eigenvalue weighted by Crippen LogP contribution is 2.34. The van der Waals surface area contributed by atoms with Crippen LogP contribution >= 0.6 is 0 Å². The van der Waals surface area contributed by atoms with Gasteiger partial charge in [0.25, 0.3) is 0 Å². The molecule has 0 radical (unpaired) electrons. The van der Waals surface area contributed by atoms with Crippen molar-refractivity contribution in [2.75, 3.05) is 18.7 Å². The first-order chi connectivity index (χ1) is 11.9. The predicted octanol–water partition coefficient (Wildman–Crippen LogP) is 1.06. The minimum Gasteiger partial charge on any atom is -0.469 e. The number of rotatable bonds is 5. The number of anilines is 1. The van der Waals surface area contributed by atoms with Gasteiger partial charge < -0.3 is 29.6 Å². The molecule has 25 heavy (non-hydrogen) atoms. The van der Waals surface area contributed by atoms with Crippen LogP contribution in [-0.4, -0.2) is 35.9 Å². The van der Waals surface area contributed by atoms with Gasteiger partial charge >= 0.3 is 11.8 Å². The summed E-state index contributed by atoms with van der Waals surface area (Å²) in [7, 11) is 0. The minimum absolute atomic E-state index is 0.0961. The molecule has 132 valence electrons. The molecule has 2 aromatic rings. The largest absolute Gasteiger partial charge is 0.469 e. The molecule has 2 amide bonds. The minimum atomic E-state index is -1.24. The second-order valence-corrected chi connectivity index (χ2v) is 5.96. The highest BCUT2D eigenvalue weighted by atomic mass is 16.7. The molecule has 1 atom stereocenters. The number of carbonyl (C=O) groups excluding carboxylic acids is 2. The molecular weight excluding hydrogens is 328 g/mol. The topological polar surface area (TPSA) is 110 Å². The van der Waals surface area contributed by atoms with E-state index in [0.717, 1.165) is 0 Å². The van der Waals surface area contributed by atoms with Gasteiger partial charge in [-0.3, -0.25) is 9.59 Å². The average Bonchev–Trinajstić information content (AvgIpc) is 3.23. The lowest BCUT2D eigenvalue weighted by atomic mass is 10.0. The number of benzene rings is 1. The fraction of sp³-hybridized carbons (Fsp3) is 0.294. The van der Waals surface area contributed by atoms with E-state index in [2.05, 4.69) is 10.6 Å². The van der Waals surface area contributed by atoms with Crippen molar-refractivity contribution in [2.45, 2.75) is 18.9 Å². The van der Waals surface area contributed by atoms with E-state index >= 15 is 0 Å². The number of ether oxygens (including phenoxy) is 2. The van der Waals surface area contributed by atoms with Crippen LogP contribution in [0.25, 0.3) is 0 Å². The number of carbonyl (C=O) groups is 2. The standard InChI is InChI=1S/C17H18N2O6/c1-17(22,8-12-3-2-6-23-12)9-18-15(20)16(21)19-11-4-5-13-14(7-11)25-10-24-13/h2-7,22H,8-10H2,1H3,(H,18,20)(H,19,21)/t17-/m0/s1. The number of hydrogen-bond donors (Lipinski definition) is 3. The highest BCUT2D eigenvalue weighted by molar-refractivity contribution is 6.39. The van der Waals surface area contributed by atoms with E-state index in [1.54, 1.807) is 37.3 Å². The molecule has 8 heteroatoms. The third-order valence-corrected chi connectivity index (χ3v) is 3.60. The van der Waals surface area contributed by atoms with Crippen molar-refractivity contribution in [3.63, 3.8) is 0 Å². The lowest BCUT2D eigenvalue weighted by Gasteiger charge is -2.22. The summed E-state index contributed by atoms with van der Waals surface area (Å²) in [5.74, 6) is -0.0230. The first-order valence-corrected chi connectivity index (χ1v) is 7.66. The Bertz CT molecular complexity index is 769. The number of aliphatic hydroxyl groups is 1. The maximum atomic E-state index is 12.0. The first-order valence-electron chi connectivity index (χ1n) is 7.66. The number of amides is 2. The maximum Gasteiger partial charge on any atom is 0.313 e. The normalized spacial score (nSPS) is 14.6. The average molecular weight is 346 g/mol. The van der Waals surface area contributed by atoms with Crippen LogP contribution < -0.4 is 20.1 Å². The summed E-state index contributed by atoms with van der Waals surface area (Å²) < 4.78 is 15.5. The van der Waals surface area contributed by atoms with Crippen LogP contribution in [0.3, 0.4) is 0 Å². The molecule has 3 N–H and O–H groups in total. The molecule has 1 aromatic carbocycles. The molecular formula is C17H18N2O6. The molecule has 2 heterocycles. The molecule has 0 fully saturated rings. The Morgan fingerprint density at radius 2 is 2.00 bits per heavy atom. The van der Waals surface area contributed by atoms with Crippen LogP contribution in [0.1, 0.15) is 12.7 Å². The zero-order chi connectivity index (χ0) is 17.9. The molecule has 0 spiro atoms. The molecule has 0 unspecified atom stereocenters. The molecule has 8 nitrogen and oxygen atoms in total. The summed E-state index contributed by atoms with van der Waals surface area (Å²) in [4.78, 5) is 23.9. The number of hydrogen-bond acceptors (Lipinski definition) is 6. The SMILES string of the molecule is C[C@@](O)(CNC(=O)C(=O)Nc1ccc2c(c1)OCO2)Cc1ccco1. The summed E-state index contributed by atoms with van der Waals surface area (Å²) in [5.41, 5.74) is -0.834. The van der Waals surface area contributed by atoms with Crippen LogP contribution in [0.15, 0.2) is 41.0 Å². The second kappa shape index (κ2) is 6.86. The van der Waals surface area contributed by atoms with Crippen molar-refractivity contribution in [1.29, 1.82) is 0 Å². The summed E-state index contributed by atoms with van der Waals surface area (Å²) in [6.07, 6.45) is 1.72. The third-order valence-electron chi connectivity index (χ3n) is 3.60. The predicted molar refractivity (Wildman–Crippen MR) is 87.2 cm³/mol. The van der Waals surface area contributed by atoms with E-state index in [4.69, 9.17) is 13.9 Å². The summed E-state index contributed by atoms with van der Waals surface area (Å²) in [6, 6.07) is 8.25. The van der Waals surface area contributed by atoms with Crippen molar-refractivity contribution < 1.29 is 28.6 Å². The van der Waals surface area contributed by atoms with Crippen molar-refractivity contribution in [2.24, 2.45) is 0 Å². The summed E-state index contributed by atoms with van der Waals surface area (Å²) in [6.45, 7) is 1.57. The van der Waals surface area contributed by atoms with Crippen molar-refractivity contribution in [3.8, 4) is 11.5 Å². The van der Waals surface area contributed by atoms with Gasteiger partial charge in [-0.2, -0.15) is 0 Å². The van der Waals surface area contributed by atoms with E-state index in [9.17, 15) is 14.7 Å². The van der Waals surface area contributed by atoms with Gasteiger partial charge in [0, 0.05) is 24.7 Å². The lowest BCUT2D eigenvalue weighted by Crippen LogP contribution is -2.45. The summed E-state index contributed by atoms with van der Waals surface area (Å²) >= 11 is 0. The van der Waals surface area contributed by atoms with Gasteiger partial charge in [-0.05, 0) is 31.2 Å². The van der Waals surface area contributed by atoms with Crippen LogP contribution in [0.4, 0.5) is 5.69 Å². The summed E-state index contributed by atoms with van der Waals surface area (Å²) in [5, 5.41) is 15.2. The molecule has 1 aliphatic rings. The van der Waals surface area contributed by atoms with Crippen LogP contribution in [0.5, 0.6) is 11.5 Å². The van der Waals surface area contributed by atoms with Gasteiger partial charge in [-0.1, -0.05) is 0 Å². The Morgan fingerprint density at radius 3 is 2.76 bits per heavy atom. The number of nitrogens with one attached hydrogen (secondary N) is 2. The molecule has 0 aliphatic carbocycles. The Balaban J connectivity index is 1.51. The molecule has 3 rings (SSSR count). The molecule has 0 bridgehead atoms. The van der Waals surface area contributed by atoms with Crippen LogP contribution in [-0.2, 0) is 16.0 Å². The number of fused-ring (bicyclic) bond motifs is 1. The molecule has 1 aliphatic heterocycles. The fourth-order valence-corrected chi connectivity index (χ4v) is 2.36. The monoisotopic (exact) mass is 346 g/mol. The van der Waals surface area contributed by atoms with Gasteiger partial charge in [0.15, 0.2) is 11.5 Å². The van der Waals surface area contributed by atoms with E-state index in [-0.39, 0.29) is 19.8 Å². The van der Waals surface area contributed by atoms with Gasteiger partial charge in [0.1, 0.15) is 5.76 Å². The highest BCUT2D eigenvalue weighted by Gasteiger charge is 2.25. The second-order valence-electron chi connectivity index (χ2n) is 5.96. The molecule has 1 aromatic heterocycles. The van der Waals surface area contributed by atoms with E-state index in [1.807, 2.05) is 0 Å². The van der Waals surface area contributed by atoms with Gasteiger partial charge in [-0.15, -0.1) is 0 Å². The molecule has 0 saturated heterocycles. The number of furan rings is 1. The Kier molecular flexibility index (Phi) is 4.62. The van der Waals surface area contributed by atoms with Gasteiger partial charge in [0.05, 0.1) is 11.9 Å². The first kappa shape index (κ1) is 16.8. The Morgan fingerprint density at radius 1 is 1.20 bits per heavy atom. The van der Waals surface area contributed by atoms with E-state index in [0.29, 0.717) is 22.9 Å². The van der Waals surface area contributed by atoms with E-state index in [1.165, 1.54) is 6.26 Å². The zero-order valence-electron chi connectivity index (χ0n) is 13.6. The van der Waals surface area contributed by atoms with Crippen molar-refractivity contribution >= 4 is 17.5 Å². The fourth-order valence-electron chi connectivity index (χ4n) is 2.36. The van der Waals surface area contributed by atoms with Crippen molar-refractivity contribution in [3.05, 3.63) is 42.4 Å². The lowest BCUT2D eigenvalue weighted by molar-refractivity contribution is -0.136. The quantitative estimate of drug-likeness (QED) is 0.698. The maximum absolute atomic E-state index is 12.0. The van der Waals surface area contributed by atoms with Gasteiger partial charge in [0.2, 0.25) is 6.79 Å².